The van der Waals surface area contributed by atoms with Crippen molar-refractivity contribution < 1.29 is 55.3 Å². The van der Waals surface area contributed by atoms with Crippen molar-refractivity contribution in [1.29, 1.82) is 0 Å². The second-order valence-electron chi connectivity index (χ2n) is 18.2. The number of hydrogen-bond donors (Lipinski definition) is 2. The highest BCUT2D eigenvalue weighted by Crippen LogP contribution is 2.29. The lowest BCUT2D eigenvalue weighted by molar-refractivity contribution is 0.0168. The lowest BCUT2D eigenvalue weighted by atomic mass is 10.1. The minimum Gasteiger partial charge on any atom is -0.477 e. The molecular formula is C61H54ClF6N3O9. The highest BCUT2D eigenvalue weighted by Gasteiger charge is 2.26. The van der Waals surface area contributed by atoms with Crippen LogP contribution in [-0.4, -0.2) is 50.3 Å². The van der Waals surface area contributed by atoms with Gasteiger partial charge in [-0.15, -0.1) is 11.6 Å². The summed E-state index contributed by atoms with van der Waals surface area (Å²) < 4.78 is 91.9. The highest BCUT2D eigenvalue weighted by molar-refractivity contribution is 6.17. The summed E-state index contributed by atoms with van der Waals surface area (Å²) in [5, 5.41) is 10.4. The molecule has 0 saturated heterocycles. The number of carboxylic acid groups (broad SMARTS) is 1. The molecule has 19 heteroatoms. The molecule has 9 aromatic rings. The van der Waals surface area contributed by atoms with E-state index in [2.05, 4.69) is 4.98 Å². The van der Waals surface area contributed by atoms with E-state index in [1.807, 2.05) is 6.07 Å². The summed E-state index contributed by atoms with van der Waals surface area (Å²) in [6.45, 7) is 6.93. The molecule has 2 N–H and O–H groups in total. The average Bonchev–Trinajstić information content (AvgIpc) is 3.43. The molecule has 0 spiro atoms. The van der Waals surface area contributed by atoms with Gasteiger partial charge in [-0.05, 0) is 66.9 Å². The molecule has 0 unspecified atom stereocenters. The number of hydrogen-bond acceptors (Lipinski definition) is 8. The molecule has 3 aromatic heterocycles. The predicted molar refractivity (Wildman–Crippen MR) is 296 cm³/mol. The standard InChI is InChI=1S/C21H19F2NO3.C19H15F2NO3.C12H11NO3.C9H9ClF2/c1-3-27-20(26)17-13-24(18-7-5-4-6-16(18)19(17)25)12-14-8-10-15(11-9-14)21(2,22)23;1-19(20,21)13-8-6-12(7-9-13)10-22-11-15(18(24)25)17(23)14-4-2-3-5-16(14)22;1-2-16-12(15)9-7-13-10-6-4-3-5-8(10)11(9)14;1-9(11,12)8-4-2-7(6-10)3-5-8/h4-11,13H,3,12H2,1-2H3;2-9,11H,10H2,1H3,(H,24,25);3-7H,2H2,1H3,(H,13,14);2-5H,6H2,1H3. The van der Waals surface area contributed by atoms with Gasteiger partial charge in [0.15, 0.2) is 0 Å². The summed E-state index contributed by atoms with van der Waals surface area (Å²) in [7, 11) is 0. The second-order valence-corrected chi connectivity index (χ2v) is 18.5. The zero-order valence-electron chi connectivity index (χ0n) is 43.9. The van der Waals surface area contributed by atoms with E-state index >= 15 is 0 Å². The molecular weight excluding hydrogens is 1070 g/mol. The summed E-state index contributed by atoms with van der Waals surface area (Å²) >= 11 is 5.51. The van der Waals surface area contributed by atoms with Gasteiger partial charge >= 0.3 is 17.9 Å². The number of esters is 2. The summed E-state index contributed by atoms with van der Waals surface area (Å²) in [5.74, 6) is -10.8. The number of aromatic nitrogens is 3. The van der Waals surface area contributed by atoms with Crippen molar-refractivity contribution in [1.82, 2.24) is 14.1 Å². The zero-order chi connectivity index (χ0) is 58.5. The van der Waals surface area contributed by atoms with Gasteiger partial charge in [-0.3, -0.25) is 14.4 Å². The van der Waals surface area contributed by atoms with Gasteiger partial charge in [-0.25, -0.2) is 40.7 Å². The molecule has 0 atom stereocenters. The molecule has 0 radical (unpaired) electrons. The van der Waals surface area contributed by atoms with Crippen molar-refractivity contribution >= 4 is 62.2 Å². The molecule has 9 rings (SSSR count). The molecule has 0 fully saturated rings. The first-order valence-corrected chi connectivity index (χ1v) is 25.3. The van der Waals surface area contributed by atoms with E-state index in [4.69, 9.17) is 21.1 Å². The molecule has 6 aromatic carbocycles. The van der Waals surface area contributed by atoms with Crippen molar-refractivity contribution in [2.24, 2.45) is 0 Å². The maximum Gasteiger partial charge on any atom is 0.343 e. The van der Waals surface area contributed by atoms with Crippen molar-refractivity contribution in [3.63, 3.8) is 0 Å². The van der Waals surface area contributed by atoms with Gasteiger partial charge in [0.2, 0.25) is 16.3 Å². The Labute approximate surface area is 459 Å². The van der Waals surface area contributed by atoms with Gasteiger partial charge in [-0.1, -0.05) is 109 Å². The number of carboxylic acids is 1. The fraction of sp³-hybridized carbons (Fsp3) is 0.213. The smallest absolute Gasteiger partial charge is 0.343 e. The third-order valence-corrected chi connectivity index (χ3v) is 12.5. The molecule has 12 nitrogen and oxygen atoms in total. The number of carbonyl (C=O) groups excluding carboxylic acids is 2. The lowest BCUT2D eigenvalue weighted by Crippen LogP contribution is -2.21. The fourth-order valence-corrected chi connectivity index (χ4v) is 8.25. The van der Waals surface area contributed by atoms with Crippen molar-refractivity contribution in [3.8, 4) is 0 Å². The van der Waals surface area contributed by atoms with Gasteiger partial charge in [0, 0.05) is 96.7 Å². The summed E-state index contributed by atoms with van der Waals surface area (Å²) in [6, 6.07) is 38.5. The van der Waals surface area contributed by atoms with E-state index in [9.17, 15) is 60.2 Å². The van der Waals surface area contributed by atoms with Crippen molar-refractivity contribution in [3.05, 3.63) is 245 Å². The van der Waals surface area contributed by atoms with E-state index in [1.165, 1.54) is 55.0 Å². The maximum absolute atomic E-state index is 13.4. The largest absolute Gasteiger partial charge is 0.477 e. The van der Waals surface area contributed by atoms with Crippen LogP contribution in [-0.2, 0) is 46.2 Å². The van der Waals surface area contributed by atoms with Gasteiger partial charge in [0.1, 0.15) is 16.7 Å². The van der Waals surface area contributed by atoms with Crippen LogP contribution in [0, 0.1) is 0 Å². The number of fused-ring (bicyclic) bond motifs is 3. The Morgan fingerprint density at radius 3 is 1.25 bits per heavy atom. The minimum absolute atomic E-state index is 0.0244. The fourth-order valence-electron chi connectivity index (χ4n) is 8.07. The zero-order valence-corrected chi connectivity index (χ0v) is 44.6. The van der Waals surface area contributed by atoms with Crippen LogP contribution >= 0.6 is 11.6 Å². The number of nitrogens with one attached hydrogen (secondary N) is 1. The highest BCUT2D eigenvalue weighted by atomic mass is 35.5. The Morgan fingerprint density at radius 2 is 0.850 bits per heavy atom. The third-order valence-electron chi connectivity index (χ3n) is 12.2. The quantitative estimate of drug-likeness (QED) is 0.0649. The summed E-state index contributed by atoms with van der Waals surface area (Å²) in [4.78, 5) is 74.6. The molecule has 0 aliphatic heterocycles. The molecule has 0 amide bonds. The molecule has 0 aliphatic rings. The van der Waals surface area contributed by atoms with Crippen LogP contribution in [0.1, 0.15) is 99.1 Å². The SMILES string of the molecule is CC(F)(F)c1ccc(CCl)cc1.CC(F)(F)c1ccc(Cn2cc(C(=O)O)c(=O)c3ccccc32)cc1.CCOC(=O)c1c[nH]c2ccccc2c1=O.CCOC(=O)c1cn(Cc2ccc(C(C)(F)F)cc2)c2ccccc2c1=O. The van der Waals surface area contributed by atoms with E-state index in [0.29, 0.717) is 45.1 Å². The van der Waals surface area contributed by atoms with Crippen LogP contribution < -0.4 is 16.3 Å². The maximum atomic E-state index is 13.4. The molecule has 0 aliphatic carbocycles. The number of ether oxygens (including phenoxy) is 2. The summed E-state index contributed by atoms with van der Waals surface area (Å²) in [6.07, 6.45) is 4.14. The number of rotatable bonds is 13. The van der Waals surface area contributed by atoms with Gasteiger partial charge in [0.05, 0.1) is 24.2 Å². The average molecular weight is 1120 g/mol. The first kappa shape index (κ1) is 60.5. The third kappa shape index (κ3) is 15.3. The number of carbonyl (C=O) groups is 3. The number of H-pyrrole nitrogens is 1. The van der Waals surface area contributed by atoms with Crippen LogP contribution in [0.5, 0.6) is 0 Å². The van der Waals surface area contributed by atoms with E-state index in [-0.39, 0.29) is 64.0 Å². The van der Waals surface area contributed by atoms with Gasteiger partial charge < -0.3 is 28.7 Å². The Hall–Kier alpha value is -8.77. The number of aromatic carboxylic acids is 1. The monoisotopic (exact) mass is 1120 g/mol. The molecule has 3 heterocycles. The molecule has 0 bridgehead atoms. The van der Waals surface area contributed by atoms with E-state index in [0.717, 1.165) is 37.5 Å². The molecule has 0 saturated carbocycles. The van der Waals surface area contributed by atoms with Crippen LogP contribution in [0.15, 0.2) is 179 Å². The normalized spacial score (nSPS) is 11.3. The number of alkyl halides is 7. The number of halogens is 7. The number of benzene rings is 6. The predicted octanol–water partition coefficient (Wildman–Crippen LogP) is 13.4. The van der Waals surface area contributed by atoms with E-state index < -0.39 is 41.1 Å². The van der Waals surface area contributed by atoms with Crippen LogP contribution in [0.2, 0.25) is 0 Å². The number of nitrogens with zero attached hydrogens (tertiary/aromatic N) is 2. The Balaban J connectivity index is 0.000000180. The van der Waals surface area contributed by atoms with Crippen LogP contribution in [0.3, 0.4) is 0 Å². The number of aromatic amines is 1. The molecule has 416 valence electrons. The summed E-state index contributed by atoms with van der Waals surface area (Å²) in [5.41, 5.74) is 2.60. The minimum atomic E-state index is -2.92. The lowest BCUT2D eigenvalue weighted by Gasteiger charge is -2.15. The van der Waals surface area contributed by atoms with Crippen molar-refractivity contribution in [2.75, 3.05) is 13.2 Å². The van der Waals surface area contributed by atoms with Crippen molar-refractivity contribution in [2.45, 2.75) is 71.4 Å². The topological polar surface area (TPSA) is 167 Å². The Morgan fingerprint density at radius 1 is 0.500 bits per heavy atom. The Bertz CT molecular complexity index is 3830. The first-order valence-electron chi connectivity index (χ1n) is 24.8. The second kappa shape index (κ2) is 26.3. The first-order chi connectivity index (χ1) is 37.9. The van der Waals surface area contributed by atoms with E-state index in [1.54, 1.807) is 126 Å². The van der Waals surface area contributed by atoms with Gasteiger partial charge in [0.25, 0.3) is 17.8 Å². The number of pyridine rings is 3. The van der Waals surface area contributed by atoms with Crippen LogP contribution in [0.25, 0.3) is 32.7 Å². The van der Waals surface area contributed by atoms with Crippen LogP contribution in [0.4, 0.5) is 26.3 Å². The van der Waals surface area contributed by atoms with Gasteiger partial charge in [-0.2, -0.15) is 0 Å². The molecule has 80 heavy (non-hydrogen) atoms. The number of para-hydroxylation sites is 3. The Kier molecular flexibility index (Phi) is 19.8.